The molecule has 1 N–H and O–H groups in total. The summed E-state index contributed by atoms with van der Waals surface area (Å²) in [6.45, 7) is 5.99. The van der Waals surface area contributed by atoms with Crippen LogP contribution in [-0.2, 0) is 7.05 Å². The topological polar surface area (TPSA) is 51.8 Å². The number of piperidine rings is 1. The van der Waals surface area contributed by atoms with Crippen LogP contribution in [0.1, 0.15) is 19.8 Å². The highest BCUT2D eigenvalue weighted by Crippen LogP contribution is 2.39. The van der Waals surface area contributed by atoms with Crippen molar-refractivity contribution in [2.75, 3.05) is 33.4 Å². The molecule has 1 saturated heterocycles. The molecule has 0 bridgehead atoms. The van der Waals surface area contributed by atoms with Gasteiger partial charge in [0.1, 0.15) is 12.4 Å². The van der Waals surface area contributed by atoms with Crippen molar-refractivity contribution in [3.63, 3.8) is 0 Å². The van der Waals surface area contributed by atoms with E-state index in [2.05, 4.69) is 11.8 Å². The van der Waals surface area contributed by atoms with Gasteiger partial charge in [0.25, 0.3) is 0 Å². The van der Waals surface area contributed by atoms with E-state index in [9.17, 15) is 9.50 Å². The molecular formula is C26H30FN3O3. The summed E-state index contributed by atoms with van der Waals surface area (Å²) in [4.78, 5) is 2.44. The molecule has 33 heavy (non-hydrogen) atoms. The van der Waals surface area contributed by atoms with Crippen molar-refractivity contribution in [1.29, 1.82) is 0 Å². The fourth-order valence-corrected chi connectivity index (χ4v) is 4.81. The molecule has 1 fully saturated rings. The summed E-state index contributed by atoms with van der Waals surface area (Å²) in [6.07, 6.45) is 4.34. The van der Waals surface area contributed by atoms with Crippen LogP contribution in [0.25, 0.3) is 27.5 Å². The first-order valence-electron chi connectivity index (χ1n) is 11.5. The number of fused-ring (bicyclic) bond motifs is 3. The van der Waals surface area contributed by atoms with Crippen molar-refractivity contribution in [2.24, 2.45) is 13.0 Å². The SMILES string of the molecule is COc1ccc(-n2cc3c(c2O)c2ccc(F)cc2n3C)cc1OCCN1CCC(C)CC1. The Kier molecular flexibility index (Phi) is 5.66. The van der Waals surface area contributed by atoms with Crippen LogP contribution in [0.15, 0.2) is 42.6 Å². The number of hydrogen-bond donors (Lipinski definition) is 1. The molecule has 0 spiro atoms. The summed E-state index contributed by atoms with van der Waals surface area (Å²) in [6, 6.07) is 10.2. The number of halogens is 1. The Labute approximate surface area is 192 Å². The second-order valence-electron chi connectivity index (χ2n) is 9.01. The Morgan fingerprint density at radius 2 is 1.85 bits per heavy atom. The third kappa shape index (κ3) is 3.91. The Morgan fingerprint density at radius 3 is 2.61 bits per heavy atom. The normalized spacial score (nSPS) is 15.5. The van der Waals surface area contributed by atoms with Crippen LogP contribution in [0.2, 0.25) is 0 Å². The number of aromatic nitrogens is 2. The number of nitrogens with zero attached hydrogens (tertiary/aromatic N) is 3. The zero-order valence-electron chi connectivity index (χ0n) is 19.3. The van der Waals surface area contributed by atoms with E-state index in [1.807, 2.05) is 36.0 Å². The Morgan fingerprint density at radius 1 is 1.06 bits per heavy atom. The lowest BCUT2D eigenvalue weighted by molar-refractivity contribution is 0.158. The van der Waals surface area contributed by atoms with Crippen molar-refractivity contribution in [1.82, 2.24) is 14.0 Å². The van der Waals surface area contributed by atoms with Gasteiger partial charge in [-0.2, -0.15) is 0 Å². The van der Waals surface area contributed by atoms with E-state index in [1.54, 1.807) is 17.7 Å². The molecule has 2 aromatic carbocycles. The summed E-state index contributed by atoms with van der Waals surface area (Å²) in [7, 11) is 3.50. The Balaban J connectivity index is 1.43. The highest BCUT2D eigenvalue weighted by molar-refractivity contribution is 6.11. The molecule has 7 heteroatoms. The van der Waals surface area contributed by atoms with Gasteiger partial charge in [-0.15, -0.1) is 0 Å². The largest absolute Gasteiger partial charge is 0.494 e. The van der Waals surface area contributed by atoms with Gasteiger partial charge in [-0.1, -0.05) is 6.92 Å². The summed E-state index contributed by atoms with van der Waals surface area (Å²) >= 11 is 0. The molecule has 2 aromatic heterocycles. The molecule has 1 aliphatic heterocycles. The average molecular weight is 452 g/mol. The fourth-order valence-electron chi connectivity index (χ4n) is 4.81. The van der Waals surface area contributed by atoms with Crippen molar-refractivity contribution in [3.8, 4) is 23.1 Å². The molecule has 0 aliphatic carbocycles. The van der Waals surface area contributed by atoms with Gasteiger partial charge in [0.2, 0.25) is 5.88 Å². The highest BCUT2D eigenvalue weighted by atomic mass is 19.1. The third-order valence-corrected chi connectivity index (χ3v) is 6.88. The molecule has 0 unspecified atom stereocenters. The van der Waals surface area contributed by atoms with Crippen LogP contribution in [0.4, 0.5) is 4.39 Å². The molecule has 4 aromatic rings. The van der Waals surface area contributed by atoms with E-state index in [-0.39, 0.29) is 11.7 Å². The van der Waals surface area contributed by atoms with Gasteiger partial charge in [0.05, 0.1) is 29.2 Å². The van der Waals surface area contributed by atoms with E-state index in [0.717, 1.165) is 47.7 Å². The monoisotopic (exact) mass is 451 g/mol. The number of methoxy groups -OCH3 is 1. The number of likely N-dealkylation sites (tertiary alicyclic amines) is 1. The summed E-state index contributed by atoms with van der Waals surface area (Å²) in [5.41, 5.74) is 2.33. The Bertz CT molecular complexity index is 1300. The van der Waals surface area contributed by atoms with Crippen LogP contribution in [0, 0.1) is 11.7 Å². The molecule has 174 valence electrons. The predicted molar refractivity (Wildman–Crippen MR) is 128 cm³/mol. The molecule has 5 rings (SSSR count). The van der Waals surface area contributed by atoms with Crippen molar-refractivity contribution in [3.05, 3.63) is 48.4 Å². The maximum Gasteiger partial charge on any atom is 0.206 e. The van der Waals surface area contributed by atoms with Crippen LogP contribution < -0.4 is 9.47 Å². The second-order valence-corrected chi connectivity index (χ2v) is 9.01. The summed E-state index contributed by atoms with van der Waals surface area (Å²) in [5, 5.41) is 12.6. The first-order valence-corrected chi connectivity index (χ1v) is 11.5. The van der Waals surface area contributed by atoms with Gasteiger partial charge in [-0.25, -0.2) is 4.39 Å². The minimum atomic E-state index is -0.297. The lowest BCUT2D eigenvalue weighted by Crippen LogP contribution is -2.35. The molecule has 1 aliphatic rings. The molecule has 3 heterocycles. The minimum Gasteiger partial charge on any atom is -0.494 e. The van der Waals surface area contributed by atoms with E-state index in [1.165, 1.54) is 25.0 Å². The Hall–Kier alpha value is -3.19. The standard InChI is InChI=1S/C26H30FN3O3/c1-17-8-10-29(11-9-17)12-13-33-24-15-19(5-7-23(24)32-3)30-16-22-25(26(30)31)20-6-4-18(27)14-21(20)28(22)2/h4-7,14-17,31H,8-13H2,1-3H3. The number of ether oxygens (including phenoxy) is 2. The number of aryl methyl sites for hydroxylation is 1. The molecule has 0 amide bonds. The quantitative estimate of drug-likeness (QED) is 0.444. The van der Waals surface area contributed by atoms with E-state index < -0.39 is 0 Å². The summed E-state index contributed by atoms with van der Waals surface area (Å²) in [5.74, 6) is 1.92. The second kappa shape index (κ2) is 8.63. The van der Waals surface area contributed by atoms with Crippen molar-refractivity contribution < 1.29 is 19.0 Å². The van der Waals surface area contributed by atoms with Gasteiger partial charge in [0, 0.05) is 31.2 Å². The molecule has 6 nitrogen and oxygen atoms in total. The average Bonchev–Trinajstić information content (AvgIpc) is 3.29. The van der Waals surface area contributed by atoms with Gasteiger partial charge in [-0.3, -0.25) is 9.47 Å². The number of benzene rings is 2. The number of aromatic hydroxyl groups is 1. The van der Waals surface area contributed by atoms with Crippen molar-refractivity contribution in [2.45, 2.75) is 19.8 Å². The fraction of sp³-hybridized carbons (Fsp3) is 0.385. The maximum atomic E-state index is 13.7. The highest BCUT2D eigenvalue weighted by Gasteiger charge is 2.20. The third-order valence-electron chi connectivity index (χ3n) is 6.88. The summed E-state index contributed by atoms with van der Waals surface area (Å²) < 4.78 is 29.0. The van der Waals surface area contributed by atoms with Crippen LogP contribution in [-0.4, -0.2) is 52.5 Å². The molecular weight excluding hydrogens is 421 g/mol. The molecule has 0 atom stereocenters. The predicted octanol–water partition coefficient (Wildman–Crippen LogP) is 5.09. The van der Waals surface area contributed by atoms with Crippen LogP contribution in [0.5, 0.6) is 17.4 Å². The van der Waals surface area contributed by atoms with Crippen LogP contribution >= 0.6 is 0 Å². The maximum absolute atomic E-state index is 13.7. The van der Waals surface area contributed by atoms with E-state index in [0.29, 0.717) is 23.5 Å². The van der Waals surface area contributed by atoms with Crippen molar-refractivity contribution >= 4 is 21.8 Å². The van der Waals surface area contributed by atoms with Gasteiger partial charge in [0.15, 0.2) is 11.5 Å². The molecule has 0 saturated carbocycles. The first-order chi connectivity index (χ1) is 16.0. The lowest BCUT2D eigenvalue weighted by atomic mass is 9.99. The first kappa shape index (κ1) is 21.6. The van der Waals surface area contributed by atoms with E-state index >= 15 is 0 Å². The minimum absolute atomic E-state index is 0.112. The van der Waals surface area contributed by atoms with E-state index in [4.69, 9.17) is 9.47 Å². The van der Waals surface area contributed by atoms with Gasteiger partial charge < -0.3 is 19.1 Å². The smallest absolute Gasteiger partial charge is 0.206 e. The number of rotatable bonds is 6. The molecule has 0 radical (unpaired) electrons. The number of hydrogen-bond acceptors (Lipinski definition) is 4. The van der Waals surface area contributed by atoms with Gasteiger partial charge >= 0.3 is 0 Å². The zero-order valence-corrected chi connectivity index (χ0v) is 19.3. The zero-order chi connectivity index (χ0) is 23.1. The van der Waals surface area contributed by atoms with Crippen LogP contribution in [0.3, 0.4) is 0 Å². The van der Waals surface area contributed by atoms with Gasteiger partial charge in [-0.05, 0) is 62.2 Å². The lowest BCUT2D eigenvalue weighted by Gasteiger charge is -2.30.